The molecule has 5 heterocycles. The summed E-state index contributed by atoms with van der Waals surface area (Å²) in [4.78, 5) is 63.9. The van der Waals surface area contributed by atoms with E-state index < -0.39 is 240 Å². The van der Waals surface area contributed by atoms with Crippen LogP contribution >= 0.6 is 0 Å². The van der Waals surface area contributed by atoms with E-state index in [0.717, 1.165) is 20.8 Å². The van der Waals surface area contributed by atoms with Crippen molar-refractivity contribution in [1.82, 2.24) is 16.0 Å². The number of rotatable bonds is 22. The van der Waals surface area contributed by atoms with Gasteiger partial charge in [0.1, 0.15) is 110 Å². The first kappa shape index (κ1) is 64.2. The Morgan fingerprint density at radius 3 is 1.49 bits per heavy atom. The molecule has 5 rings (SSSR count). The average Bonchev–Trinajstić information content (AvgIpc) is 3.38. The number of carbonyl (C=O) groups excluding carboxylic acids is 3. The molecule has 0 bridgehead atoms. The molecule has 0 aromatic rings. The second-order valence-electron chi connectivity index (χ2n) is 19.0. The Balaban J connectivity index is 1.61. The van der Waals surface area contributed by atoms with Gasteiger partial charge in [-0.2, -0.15) is 0 Å². The fourth-order valence-corrected chi connectivity index (χ4v) is 9.64. The number of ether oxygens (including phenoxy) is 9. The van der Waals surface area contributed by atoms with Crippen LogP contribution in [0.3, 0.4) is 0 Å². The van der Waals surface area contributed by atoms with Crippen LogP contribution in [0.2, 0.25) is 0 Å². The molecule has 3 amide bonds. The highest BCUT2D eigenvalue weighted by atomic mass is 16.8. The molecular weight excluding hydrogens is 1060 g/mol. The zero-order chi connectivity index (χ0) is 57.8. The lowest BCUT2D eigenvalue weighted by atomic mass is 9.87. The van der Waals surface area contributed by atoms with Crippen LogP contribution in [-0.4, -0.2) is 319 Å². The molecule has 5 fully saturated rings. The number of aliphatic hydroxyl groups is 16. The average molecular weight is 1130 g/mol. The van der Waals surface area contributed by atoms with Crippen molar-refractivity contribution < 1.29 is 159 Å². The fourth-order valence-electron chi connectivity index (χ4n) is 9.64. The lowest BCUT2D eigenvalue weighted by Crippen LogP contribution is -2.72. The molecule has 77 heavy (non-hydrogen) atoms. The van der Waals surface area contributed by atoms with Gasteiger partial charge in [0.25, 0.3) is 11.6 Å². The SMILES string of the molecule is CC(=O)N[C@H]1[C@H](O[C@@H]2[C@H](O[C@]3(C(=O)O)C[C@H](O)[C@@H](NC(C)=O)[C@H]([C@H](O)[C@@H](CO)O[C@]4(C(=O)O)C[C@H](O)[C@@H](NC(C)=O)[C@H]([C@@H](O)[C@H](O)CO)O4)O3)[C@@H](O)[C@H](O[C@H]3[C@H](O)[C@@H](O)C(O)O[C@@H]3CO)O[C@@H]2CO)O[C@H](CO)[C@H](O)[C@@H]1O. The van der Waals surface area contributed by atoms with Gasteiger partial charge in [0.2, 0.25) is 17.7 Å². The largest absolute Gasteiger partial charge is 0.477 e. The van der Waals surface area contributed by atoms with Gasteiger partial charge in [-0.3, -0.25) is 14.4 Å². The second kappa shape index (κ2) is 26.7. The molecule has 0 spiro atoms. The summed E-state index contributed by atoms with van der Waals surface area (Å²) in [6, 6.07) is -5.55. The van der Waals surface area contributed by atoms with E-state index in [1.54, 1.807) is 0 Å². The third kappa shape index (κ3) is 13.9. The molecule has 0 saturated carbocycles. The Kier molecular flexibility index (Phi) is 22.3. The number of aliphatic hydroxyl groups excluding tert-OH is 16. The molecule has 27 atom stereocenters. The molecule has 0 radical (unpaired) electrons. The monoisotopic (exact) mass is 1130 g/mol. The van der Waals surface area contributed by atoms with E-state index in [1.165, 1.54) is 0 Å². The van der Waals surface area contributed by atoms with Gasteiger partial charge in [-0.15, -0.1) is 0 Å². The van der Waals surface area contributed by atoms with Crippen LogP contribution < -0.4 is 16.0 Å². The van der Waals surface area contributed by atoms with Crippen LogP contribution in [0.15, 0.2) is 0 Å². The van der Waals surface area contributed by atoms with Crippen LogP contribution in [-0.2, 0) is 66.6 Å². The number of aliphatic carboxylic acids is 2. The van der Waals surface area contributed by atoms with Crippen molar-refractivity contribution in [2.75, 3.05) is 33.0 Å². The lowest BCUT2D eigenvalue weighted by Gasteiger charge is -2.52. The Morgan fingerprint density at radius 1 is 0.532 bits per heavy atom. The molecule has 1 unspecified atom stereocenters. The van der Waals surface area contributed by atoms with Crippen LogP contribution in [0.4, 0.5) is 0 Å². The van der Waals surface area contributed by atoms with E-state index in [9.17, 15) is 116 Å². The minimum Gasteiger partial charge on any atom is -0.477 e. The van der Waals surface area contributed by atoms with Crippen molar-refractivity contribution in [2.24, 2.45) is 0 Å². The normalized spacial score (nSPS) is 43.2. The van der Waals surface area contributed by atoms with E-state index >= 15 is 0 Å². The number of carbonyl (C=O) groups is 5. The molecular formula is C42H69N3O32. The Hall–Kier alpha value is -3.65. The topological polar surface area (TPSA) is 569 Å². The van der Waals surface area contributed by atoms with Gasteiger partial charge in [0.15, 0.2) is 18.9 Å². The van der Waals surface area contributed by atoms with Gasteiger partial charge >= 0.3 is 11.9 Å². The first-order valence-corrected chi connectivity index (χ1v) is 23.9. The van der Waals surface area contributed by atoms with Crippen molar-refractivity contribution in [3.63, 3.8) is 0 Å². The maximum absolute atomic E-state index is 13.7. The van der Waals surface area contributed by atoms with Gasteiger partial charge in [-0.1, -0.05) is 0 Å². The van der Waals surface area contributed by atoms with E-state index in [0.29, 0.717) is 0 Å². The lowest BCUT2D eigenvalue weighted by molar-refractivity contribution is -0.401. The second-order valence-corrected chi connectivity index (χ2v) is 19.0. The summed E-state index contributed by atoms with van der Waals surface area (Å²) in [6.07, 6.45) is -50.7. The summed E-state index contributed by atoms with van der Waals surface area (Å²) >= 11 is 0. The highest BCUT2D eigenvalue weighted by molar-refractivity contribution is 5.77. The molecule has 35 heteroatoms. The minimum atomic E-state index is -3.53. The Bertz CT molecular complexity index is 2000. The summed E-state index contributed by atoms with van der Waals surface area (Å²) in [5, 5.41) is 201. The molecule has 5 aliphatic heterocycles. The maximum atomic E-state index is 13.7. The van der Waals surface area contributed by atoms with Crippen LogP contribution in [0.1, 0.15) is 33.6 Å². The van der Waals surface area contributed by atoms with Crippen LogP contribution in [0, 0.1) is 0 Å². The Morgan fingerprint density at radius 2 is 1.00 bits per heavy atom. The minimum absolute atomic E-state index is 0.873. The van der Waals surface area contributed by atoms with Gasteiger partial charge < -0.3 is 150 Å². The first-order chi connectivity index (χ1) is 36.0. The van der Waals surface area contributed by atoms with Gasteiger partial charge in [0.05, 0.1) is 57.3 Å². The van der Waals surface area contributed by atoms with Crippen molar-refractivity contribution in [3.8, 4) is 0 Å². The van der Waals surface area contributed by atoms with Crippen LogP contribution in [0.25, 0.3) is 0 Å². The zero-order valence-corrected chi connectivity index (χ0v) is 41.1. The predicted molar refractivity (Wildman–Crippen MR) is 236 cm³/mol. The number of carboxylic acid groups (broad SMARTS) is 2. The molecule has 35 nitrogen and oxygen atoms in total. The third-order valence-electron chi connectivity index (χ3n) is 13.5. The quantitative estimate of drug-likeness (QED) is 0.0479. The summed E-state index contributed by atoms with van der Waals surface area (Å²) in [5.74, 6) is -14.1. The number of nitrogens with one attached hydrogen (secondary N) is 3. The molecule has 0 aromatic heterocycles. The summed E-state index contributed by atoms with van der Waals surface area (Å²) in [7, 11) is 0. The van der Waals surface area contributed by atoms with Crippen molar-refractivity contribution in [3.05, 3.63) is 0 Å². The molecule has 5 aliphatic rings. The molecule has 21 N–H and O–H groups in total. The van der Waals surface area contributed by atoms with Crippen molar-refractivity contribution in [2.45, 2.75) is 198 Å². The fraction of sp³-hybridized carbons (Fsp3) is 0.881. The first-order valence-electron chi connectivity index (χ1n) is 23.9. The standard InChI is InChI=1S/C42H69N3O32/c1-11(51)43-21-14(54)4-41(39(65)66,75-33(21)24(57)16(56)6-46)74-18(8-48)26(59)34-22(44-12(2)52)15(55)5-42(76-34,40(67)68)77-35-30(63)38(72-31-19(9-49)69-36(64)29(62)28(31)61)71-20(10-50)32(35)73-37-23(45-13(3)53)27(60)25(58)17(7-47)70-37/h14-38,46-50,54-64H,4-10H2,1-3H3,(H,43,51)(H,44,52)(H,45,53)(H,65,66)(H,67,68)/t14-,15-,16+,17+,18+,19+,20+,21+,22+,23+,24-,25-,26+,27+,28+,29+,30+,31+,32-,33+,34+,35+,36?,37-,38-,41+,42-/m0/s1. The smallest absolute Gasteiger partial charge is 0.364 e. The molecule has 444 valence electrons. The van der Waals surface area contributed by atoms with Gasteiger partial charge in [-0.05, 0) is 0 Å². The number of carboxylic acids is 2. The highest BCUT2D eigenvalue weighted by Crippen LogP contribution is 2.42. The Labute approximate surface area is 434 Å². The van der Waals surface area contributed by atoms with Crippen molar-refractivity contribution in [1.29, 1.82) is 0 Å². The van der Waals surface area contributed by atoms with Gasteiger partial charge in [-0.25, -0.2) is 9.59 Å². The molecule has 5 saturated heterocycles. The van der Waals surface area contributed by atoms with Gasteiger partial charge in [0, 0.05) is 33.6 Å². The summed E-state index contributed by atoms with van der Waals surface area (Å²) in [5.41, 5.74) is 0. The van der Waals surface area contributed by atoms with E-state index in [1.807, 2.05) is 0 Å². The summed E-state index contributed by atoms with van der Waals surface area (Å²) in [6.45, 7) is -3.24. The maximum Gasteiger partial charge on any atom is 0.364 e. The molecule has 0 aromatic carbocycles. The predicted octanol–water partition coefficient (Wildman–Crippen LogP) is -13.1. The van der Waals surface area contributed by atoms with E-state index in [4.69, 9.17) is 42.6 Å². The molecule has 0 aliphatic carbocycles. The third-order valence-corrected chi connectivity index (χ3v) is 13.5. The number of hydrogen-bond donors (Lipinski definition) is 21. The van der Waals surface area contributed by atoms with Crippen molar-refractivity contribution >= 4 is 29.7 Å². The van der Waals surface area contributed by atoms with E-state index in [2.05, 4.69) is 16.0 Å². The van der Waals surface area contributed by atoms with E-state index in [-0.39, 0.29) is 0 Å². The summed E-state index contributed by atoms with van der Waals surface area (Å²) < 4.78 is 51.5. The highest BCUT2D eigenvalue weighted by Gasteiger charge is 2.63. The number of hydrogen-bond acceptors (Lipinski definition) is 30. The zero-order valence-electron chi connectivity index (χ0n) is 41.1. The van der Waals surface area contributed by atoms with Crippen LogP contribution in [0.5, 0.6) is 0 Å². The number of amides is 3.